The van der Waals surface area contributed by atoms with Gasteiger partial charge in [-0.3, -0.25) is 0 Å². The van der Waals surface area contributed by atoms with Crippen LogP contribution in [0.4, 0.5) is 0 Å². The number of rotatable bonds is 2. The summed E-state index contributed by atoms with van der Waals surface area (Å²) in [5.74, 6) is -0.923. The third kappa shape index (κ3) is 1.93. The van der Waals surface area contributed by atoms with E-state index in [4.69, 9.17) is 9.84 Å². The van der Waals surface area contributed by atoms with E-state index in [0.29, 0.717) is 6.61 Å². The number of hydrogen-bond acceptors (Lipinski definition) is 2. The first-order chi connectivity index (χ1) is 4.79. The van der Waals surface area contributed by atoms with E-state index >= 15 is 0 Å². The Morgan fingerprint density at radius 3 is 3.10 bits per heavy atom. The lowest BCUT2D eigenvalue weighted by atomic mass is 10.2. The van der Waals surface area contributed by atoms with Crippen molar-refractivity contribution < 1.29 is 14.6 Å². The van der Waals surface area contributed by atoms with Crippen LogP contribution in [0.1, 0.15) is 6.42 Å². The highest BCUT2D eigenvalue weighted by molar-refractivity contribution is 5.80. The van der Waals surface area contributed by atoms with Crippen LogP contribution in [0.15, 0.2) is 24.0 Å². The molecule has 1 N–H and O–H groups in total. The van der Waals surface area contributed by atoms with Crippen LogP contribution < -0.4 is 0 Å². The minimum absolute atomic E-state index is 0.666. The average molecular weight is 140 g/mol. The first-order valence-electron chi connectivity index (χ1n) is 3.01. The molecule has 10 heavy (non-hydrogen) atoms. The Labute approximate surface area is 58.6 Å². The Hall–Kier alpha value is -1.25. The van der Waals surface area contributed by atoms with Crippen molar-refractivity contribution in [2.45, 2.75) is 6.42 Å². The Bertz CT molecular complexity index is 191. The molecule has 0 aromatic rings. The maximum atomic E-state index is 10.0. The van der Waals surface area contributed by atoms with E-state index in [-0.39, 0.29) is 0 Å². The van der Waals surface area contributed by atoms with Crippen molar-refractivity contribution in [3.63, 3.8) is 0 Å². The highest BCUT2D eigenvalue weighted by Gasteiger charge is 2.00. The second-order valence-electron chi connectivity index (χ2n) is 1.99. The van der Waals surface area contributed by atoms with E-state index in [2.05, 4.69) is 0 Å². The van der Waals surface area contributed by atoms with E-state index in [1.54, 1.807) is 12.3 Å². The molecule has 0 atom stereocenters. The Morgan fingerprint density at radius 2 is 2.60 bits per heavy atom. The second kappa shape index (κ2) is 3.06. The molecule has 0 saturated heterocycles. The monoisotopic (exact) mass is 140 g/mol. The van der Waals surface area contributed by atoms with Crippen LogP contribution in [-0.4, -0.2) is 17.7 Å². The molecule has 1 heterocycles. The van der Waals surface area contributed by atoms with Crippen LogP contribution in [0.25, 0.3) is 0 Å². The number of carbonyl (C=O) groups is 1. The summed E-state index contributed by atoms with van der Waals surface area (Å²) in [6, 6.07) is 0. The van der Waals surface area contributed by atoms with Gasteiger partial charge in [-0.05, 0) is 11.6 Å². The number of allylic oxidation sites excluding steroid dienone is 1. The maximum absolute atomic E-state index is 10.0. The smallest absolute Gasteiger partial charge is 0.328 e. The molecule has 0 amide bonds. The van der Waals surface area contributed by atoms with E-state index in [1.165, 1.54) is 0 Å². The largest absolute Gasteiger partial charge is 0.501 e. The standard InChI is InChI=1S/C7H8O3/c8-7(9)2-1-6-3-4-10-5-6/h1-2,5H,3-4H2,(H,8,9)/b2-1+. The van der Waals surface area contributed by atoms with Gasteiger partial charge in [-0.2, -0.15) is 0 Å². The van der Waals surface area contributed by atoms with E-state index < -0.39 is 5.97 Å². The third-order valence-electron chi connectivity index (χ3n) is 1.18. The Morgan fingerprint density at radius 1 is 1.80 bits per heavy atom. The van der Waals surface area contributed by atoms with Gasteiger partial charge in [0.25, 0.3) is 0 Å². The second-order valence-corrected chi connectivity index (χ2v) is 1.99. The molecule has 0 bridgehead atoms. The maximum Gasteiger partial charge on any atom is 0.328 e. The van der Waals surface area contributed by atoms with Crippen molar-refractivity contribution in [2.75, 3.05) is 6.61 Å². The quantitative estimate of drug-likeness (QED) is 0.580. The lowest BCUT2D eigenvalue weighted by molar-refractivity contribution is -0.131. The molecule has 3 nitrogen and oxygen atoms in total. The summed E-state index contributed by atoms with van der Waals surface area (Å²) >= 11 is 0. The lowest BCUT2D eigenvalue weighted by Gasteiger charge is -1.83. The first kappa shape index (κ1) is 6.86. The molecule has 1 rings (SSSR count). The van der Waals surface area contributed by atoms with Gasteiger partial charge in [0.05, 0.1) is 12.9 Å². The molecule has 54 valence electrons. The van der Waals surface area contributed by atoms with Gasteiger partial charge in [-0.1, -0.05) is 0 Å². The normalized spacial score (nSPS) is 17.0. The van der Waals surface area contributed by atoms with Gasteiger partial charge in [0, 0.05) is 12.5 Å². The van der Waals surface area contributed by atoms with E-state index in [9.17, 15) is 4.79 Å². The number of hydrogen-bond donors (Lipinski definition) is 1. The molecule has 0 aliphatic carbocycles. The summed E-state index contributed by atoms with van der Waals surface area (Å²) in [7, 11) is 0. The molecular weight excluding hydrogens is 132 g/mol. The van der Waals surface area contributed by atoms with E-state index in [1.807, 2.05) is 0 Å². The molecule has 3 heteroatoms. The van der Waals surface area contributed by atoms with Crippen LogP contribution in [0, 0.1) is 0 Å². The number of aliphatic carboxylic acids is 1. The first-order valence-corrected chi connectivity index (χ1v) is 3.01. The van der Waals surface area contributed by atoms with Crippen molar-refractivity contribution >= 4 is 5.97 Å². The molecule has 1 aliphatic rings. The van der Waals surface area contributed by atoms with Gasteiger partial charge in [-0.15, -0.1) is 0 Å². The summed E-state index contributed by atoms with van der Waals surface area (Å²) in [4.78, 5) is 10.0. The van der Waals surface area contributed by atoms with Gasteiger partial charge >= 0.3 is 5.97 Å². The molecule has 0 radical (unpaired) electrons. The zero-order chi connectivity index (χ0) is 7.40. The summed E-state index contributed by atoms with van der Waals surface area (Å²) in [5, 5.41) is 8.22. The molecule has 0 fully saturated rings. The van der Waals surface area contributed by atoms with Gasteiger partial charge in [0.2, 0.25) is 0 Å². The van der Waals surface area contributed by atoms with Crippen molar-refractivity contribution in [1.29, 1.82) is 0 Å². The minimum atomic E-state index is -0.923. The van der Waals surface area contributed by atoms with Gasteiger partial charge < -0.3 is 9.84 Å². The van der Waals surface area contributed by atoms with Gasteiger partial charge in [0.15, 0.2) is 0 Å². The van der Waals surface area contributed by atoms with Crippen molar-refractivity contribution in [1.82, 2.24) is 0 Å². The van der Waals surface area contributed by atoms with Crippen LogP contribution in [0.2, 0.25) is 0 Å². The van der Waals surface area contributed by atoms with E-state index in [0.717, 1.165) is 18.1 Å². The fraction of sp³-hybridized carbons (Fsp3) is 0.286. The molecular formula is C7H8O3. The van der Waals surface area contributed by atoms with Crippen LogP contribution in [0.3, 0.4) is 0 Å². The fourth-order valence-electron chi connectivity index (χ4n) is 0.703. The van der Waals surface area contributed by atoms with Gasteiger partial charge in [-0.25, -0.2) is 4.79 Å². The molecule has 0 unspecified atom stereocenters. The van der Waals surface area contributed by atoms with Crippen LogP contribution >= 0.6 is 0 Å². The Kier molecular flexibility index (Phi) is 2.10. The predicted octanol–water partition coefficient (Wildman–Crippen LogP) is 0.931. The molecule has 1 aliphatic heterocycles. The lowest BCUT2D eigenvalue weighted by Crippen LogP contribution is -1.86. The van der Waals surface area contributed by atoms with Gasteiger partial charge in [0.1, 0.15) is 0 Å². The fourth-order valence-corrected chi connectivity index (χ4v) is 0.703. The summed E-state index contributed by atoms with van der Waals surface area (Å²) in [6.07, 6.45) is 5.05. The number of ether oxygens (including phenoxy) is 1. The zero-order valence-corrected chi connectivity index (χ0v) is 5.41. The Balaban J connectivity index is 2.44. The SMILES string of the molecule is O=C(O)/C=C/C1=COCC1. The van der Waals surface area contributed by atoms with Crippen molar-refractivity contribution in [2.24, 2.45) is 0 Å². The van der Waals surface area contributed by atoms with Crippen LogP contribution in [0.5, 0.6) is 0 Å². The molecule has 0 saturated carbocycles. The number of carboxylic acid groups (broad SMARTS) is 1. The minimum Gasteiger partial charge on any atom is -0.501 e. The van der Waals surface area contributed by atoms with Crippen molar-refractivity contribution in [3.8, 4) is 0 Å². The molecule has 0 aromatic heterocycles. The highest BCUT2D eigenvalue weighted by Crippen LogP contribution is 2.10. The topological polar surface area (TPSA) is 46.5 Å². The van der Waals surface area contributed by atoms with Crippen molar-refractivity contribution in [3.05, 3.63) is 24.0 Å². The number of carboxylic acids is 1. The van der Waals surface area contributed by atoms with Crippen LogP contribution in [-0.2, 0) is 9.53 Å². The third-order valence-corrected chi connectivity index (χ3v) is 1.18. The average Bonchev–Trinajstić information content (AvgIpc) is 2.34. The highest BCUT2D eigenvalue weighted by atomic mass is 16.5. The summed E-state index contributed by atoms with van der Waals surface area (Å²) < 4.78 is 4.88. The molecule has 0 spiro atoms. The zero-order valence-electron chi connectivity index (χ0n) is 5.41. The summed E-state index contributed by atoms with van der Waals surface area (Å²) in [6.45, 7) is 0.666. The molecule has 0 aromatic carbocycles. The summed E-state index contributed by atoms with van der Waals surface area (Å²) in [5.41, 5.74) is 0.933. The predicted molar refractivity (Wildman–Crippen MR) is 35.4 cm³/mol.